The van der Waals surface area contributed by atoms with Crippen molar-refractivity contribution in [1.29, 1.82) is 0 Å². The van der Waals surface area contributed by atoms with Gasteiger partial charge < -0.3 is 10.2 Å². The molecule has 0 aliphatic carbocycles. The van der Waals surface area contributed by atoms with E-state index < -0.39 is 0 Å². The van der Waals surface area contributed by atoms with Crippen LogP contribution < -0.4 is 5.32 Å². The zero-order valence-corrected chi connectivity index (χ0v) is 13.9. The lowest BCUT2D eigenvalue weighted by Crippen LogP contribution is -2.45. The number of fused-ring (bicyclic) bond motifs is 1. The first-order chi connectivity index (χ1) is 10.2. The van der Waals surface area contributed by atoms with Gasteiger partial charge in [-0.05, 0) is 35.1 Å². The van der Waals surface area contributed by atoms with Gasteiger partial charge in [-0.3, -0.25) is 9.88 Å². The predicted octanol–water partition coefficient (Wildman–Crippen LogP) is 2.66. The van der Waals surface area contributed by atoms with Gasteiger partial charge in [0, 0.05) is 55.3 Å². The lowest BCUT2D eigenvalue weighted by molar-refractivity contribution is 0.158. The number of nitrogens with zero attached hydrogens (tertiary/aromatic N) is 3. The van der Waals surface area contributed by atoms with Gasteiger partial charge in [0.05, 0.1) is 11.2 Å². The second-order valence-electron chi connectivity index (χ2n) is 5.60. The summed E-state index contributed by atoms with van der Waals surface area (Å²) in [6.45, 7) is 6.72. The van der Waals surface area contributed by atoms with Crippen LogP contribution in [0.15, 0.2) is 34.9 Å². The minimum atomic E-state index is 0.959. The Labute approximate surface area is 134 Å². The number of aromatic nitrogens is 1. The molecule has 0 bridgehead atoms. The highest BCUT2D eigenvalue weighted by Crippen LogP contribution is 2.23. The Hall–Kier alpha value is -1.17. The minimum absolute atomic E-state index is 0.959. The van der Waals surface area contributed by atoms with Gasteiger partial charge in [0.25, 0.3) is 0 Å². The zero-order valence-electron chi connectivity index (χ0n) is 12.3. The van der Waals surface area contributed by atoms with Crippen LogP contribution in [0.2, 0.25) is 0 Å². The molecular formula is C16H21BrN4. The number of nitrogens with one attached hydrogen (secondary N) is 1. The van der Waals surface area contributed by atoms with Crippen molar-refractivity contribution in [3.05, 3.63) is 34.9 Å². The summed E-state index contributed by atoms with van der Waals surface area (Å²) >= 11 is 3.47. The van der Waals surface area contributed by atoms with E-state index in [9.17, 15) is 0 Å². The van der Waals surface area contributed by atoms with E-state index in [-0.39, 0.29) is 0 Å². The Balaban J connectivity index is 1.60. The van der Waals surface area contributed by atoms with Crippen LogP contribution in [-0.2, 0) is 0 Å². The fourth-order valence-corrected chi connectivity index (χ4v) is 3.05. The van der Waals surface area contributed by atoms with Gasteiger partial charge in [0.2, 0.25) is 0 Å². The van der Waals surface area contributed by atoms with Gasteiger partial charge in [-0.25, -0.2) is 0 Å². The fourth-order valence-electron chi connectivity index (χ4n) is 2.70. The van der Waals surface area contributed by atoms with Gasteiger partial charge >= 0.3 is 0 Å². The lowest BCUT2D eigenvalue weighted by Gasteiger charge is -2.32. The van der Waals surface area contributed by atoms with Crippen LogP contribution in [0, 0.1) is 0 Å². The molecule has 0 radical (unpaired) electrons. The van der Waals surface area contributed by atoms with E-state index >= 15 is 0 Å². The molecule has 0 amide bonds. The SMILES string of the molecule is CN1CCN(CCNc2cccc3cc(Br)cnc23)CC1. The summed E-state index contributed by atoms with van der Waals surface area (Å²) in [7, 11) is 2.19. The number of likely N-dealkylation sites (N-methyl/N-ethyl adjacent to an activating group) is 1. The van der Waals surface area contributed by atoms with Crippen molar-refractivity contribution >= 4 is 32.5 Å². The third-order valence-corrected chi connectivity index (χ3v) is 4.45. The lowest BCUT2D eigenvalue weighted by atomic mass is 10.2. The van der Waals surface area contributed by atoms with Gasteiger partial charge in [-0.2, -0.15) is 0 Å². The molecule has 112 valence electrons. The number of pyridine rings is 1. The van der Waals surface area contributed by atoms with Crippen molar-refractivity contribution in [2.75, 3.05) is 51.6 Å². The normalized spacial score (nSPS) is 17.2. The van der Waals surface area contributed by atoms with E-state index in [1.54, 1.807) is 0 Å². The van der Waals surface area contributed by atoms with Crippen LogP contribution in [0.5, 0.6) is 0 Å². The summed E-state index contributed by atoms with van der Waals surface area (Å²) in [5.74, 6) is 0. The van der Waals surface area contributed by atoms with E-state index in [1.807, 2.05) is 6.20 Å². The summed E-state index contributed by atoms with van der Waals surface area (Å²) in [5.41, 5.74) is 2.16. The first-order valence-corrected chi connectivity index (χ1v) is 8.21. The van der Waals surface area contributed by atoms with Crippen LogP contribution in [0.1, 0.15) is 0 Å². The van der Waals surface area contributed by atoms with Crippen molar-refractivity contribution < 1.29 is 0 Å². The highest BCUT2D eigenvalue weighted by atomic mass is 79.9. The monoisotopic (exact) mass is 348 g/mol. The van der Waals surface area contributed by atoms with E-state index in [0.29, 0.717) is 0 Å². The third-order valence-electron chi connectivity index (χ3n) is 4.02. The molecule has 0 atom stereocenters. The first-order valence-electron chi connectivity index (χ1n) is 7.41. The van der Waals surface area contributed by atoms with Gasteiger partial charge in [-0.1, -0.05) is 12.1 Å². The summed E-state index contributed by atoms with van der Waals surface area (Å²) < 4.78 is 1.02. The Morgan fingerprint density at radius 2 is 2.05 bits per heavy atom. The largest absolute Gasteiger partial charge is 0.382 e. The van der Waals surface area contributed by atoms with Crippen LogP contribution in [0.3, 0.4) is 0 Å². The zero-order chi connectivity index (χ0) is 14.7. The summed E-state index contributed by atoms with van der Waals surface area (Å²) in [6.07, 6.45) is 1.86. The number of benzene rings is 1. The molecule has 1 aromatic heterocycles. The van der Waals surface area contributed by atoms with Crippen LogP contribution in [0.4, 0.5) is 5.69 Å². The number of hydrogen-bond acceptors (Lipinski definition) is 4. The number of hydrogen-bond donors (Lipinski definition) is 1. The van der Waals surface area contributed by atoms with E-state index in [0.717, 1.165) is 34.2 Å². The average molecular weight is 349 g/mol. The maximum atomic E-state index is 4.53. The fraction of sp³-hybridized carbons (Fsp3) is 0.438. The Bertz CT molecular complexity index is 608. The van der Waals surface area contributed by atoms with Crippen molar-refractivity contribution in [3.8, 4) is 0 Å². The van der Waals surface area contributed by atoms with E-state index in [1.165, 1.54) is 26.2 Å². The molecule has 0 spiro atoms. The first kappa shape index (κ1) is 14.8. The van der Waals surface area contributed by atoms with Crippen LogP contribution in [0.25, 0.3) is 10.9 Å². The summed E-state index contributed by atoms with van der Waals surface area (Å²) in [5, 5.41) is 4.69. The maximum absolute atomic E-state index is 4.53. The summed E-state index contributed by atoms with van der Waals surface area (Å²) in [4.78, 5) is 9.43. The average Bonchev–Trinajstić information content (AvgIpc) is 2.49. The van der Waals surface area contributed by atoms with Crippen molar-refractivity contribution in [1.82, 2.24) is 14.8 Å². The molecule has 1 aliphatic heterocycles. The molecule has 1 saturated heterocycles. The number of rotatable bonds is 4. The quantitative estimate of drug-likeness (QED) is 0.920. The molecule has 4 nitrogen and oxygen atoms in total. The highest BCUT2D eigenvalue weighted by molar-refractivity contribution is 9.10. The molecule has 21 heavy (non-hydrogen) atoms. The molecule has 1 aromatic carbocycles. The van der Waals surface area contributed by atoms with Gasteiger partial charge in [-0.15, -0.1) is 0 Å². The molecule has 1 fully saturated rings. The van der Waals surface area contributed by atoms with Crippen molar-refractivity contribution in [2.24, 2.45) is 0 Å². The molecule has 2 heterocycles. The van der Waals surface area contributed by atoms with Gasteiger partial charge in [0.1, 0.15) is 0 Å². The predicted molar refractivity (Wildman–Crippen MR) is 91.9 cm³/mol. The molecule has 1 aliphatic rings. The maximum Gasteiger partial charge on any atom is 0.0934 e. The number of halogens is 1. The smallest absolute Gasteiger partial charge is 0.0934 e. The third kappa shape index (κ3) is 3.73. The molecule has 0 saturated carbocycles. The van der Waals surface area contributed by atoms with Crippen molar-refractivity contribution in [2.45, 2.75) is 0 Å². The van der Waals surface area contributed by atoms with E-state index in [2.05, 4.69) is 67.3 Å². The second kappa shape index (κ2) is 6.73. The van der Waals surface area contributed by atoms with E-state index in [4.69, 9.17) is 0 Å². The molecule has 0 unspecified atom stereocenters. The number of anilines is 1. The number of para-hydroxylation sites is 1. The summed E-state index contributed by atoms with van der Waals surface area (Å²) in [6, 6.07) is 8.38. The molecule has 1 N–H and O–H groups in total. The Kier molecular flexibility index (Phi) is 4.73. The Morgan fingerprint density at radius 3 is 2.86 bits per heavy atom. The molecular weight excluding hydrogens is 328 g/mol. The molecule has 2 aromatic rings. The molecule has 3 rings (SSSR count). The van der Waals surface area contributed by atoms with Crippen molar-refractivity contribution in [3.63, 3.8) is 0 Å². The Morgan fingerprint density at radius 1 is 1.24 bits per heavy atom. The standard InChI is InChI=1S/C16H21BrN4/c1-20-7-9-21(10-8-20)6-5-18-15-4-2-3-13-11-14(17)12-19-16(13)15/h2-4,11-12,18H,5-10H2,1H3. The van der Waals surface area contributed by atoms with Crippen LogP contribution in [-0.4, -0.2) is 61.1 Å². The number of piperazine rings is 1. The molecule has 5 heteroatoms. The highest BCUT2D eigenvalue weighted by Gasteiger charge is 2.13. The van der Waals surface area contributed by atoms with Gasteiger partial charge in [0.15, 0.2) is 0 Å². The second-order valence-corrected chi connectivity index (χ2v) is 6.52. The minimum Gasteiger partial charge on any atom is -0.382 e. The topological polar surface area (TPSA) is 31.4 Å². The van der Waals surface area contributed by atoms with Crippen LogP contribution >= 0.6 is 15.9 Å².